The summed E-state index contributed by atoms with van der Waals surface area (Å²) in [5.74, 6) is 1.70. The van der Waals surface area contributed by atoms with Crippen LogP contribution >= 0.6 is 0 Å². The molecule has 0 saturated heterocycles. The Hall–Kier alpha value is -1.22. The van der Waals surface area contributed by atoms with Crippen molar-refractivity contribution in [2.75, 3.05) is 13.7 Å². The lowest BCUT2D eigenvalue weighted by Crippen LogP contribution is -2.25. The topological polar surface area (TPSA) is 30.5 Å². The van der Waals surface area contributed by atoms with E-state index in [4.69, 9.17) is 9.47 Å². The zero-order chi connectivity index (χ0) is 12.8. The Labute approximate surface area is 109 Å². The average molecular weight is 249 g/mol. The molecule has 1 saturated carbocycles. The van der Waals surface area contributed by atoms with Gasteiger partial charge in [-0.25, -0.2) is 0 Å². The van der Waals surface area contributed by atoms with E-state index in [1.807, 2.05) is 19.1 Å². The van der Waals surface area contributed by atoms with Crippen LogP contribution in [0.15, 0.2) is 18.2 Å². The second-order valence-electron chi connectivity index (χ2n) is 4.74. The zero-order valence-electron chi connectivity index (χ0n) is 11.4. The van der Waals surface area contributed by atoms with Gasteiger partial charge in [0.2, 0.25) is 0 Å². The summed E-state index contributed by atoms with van der Waals surface area (Å²) in [5.41, 5.74) is 1.18. The molecule has 1 aromatic rings. The van der Waals surface area contributed by atoms with E-state index in [0.29, 0.717) is 12.6 Å². The van der Waals surface area contributed by atoms with E-state index in [0.717, 1.165) is 18.0 Å². The molecular formula is C15H23NO2. The summed E-state index contributed by atoms with van der Waals surface area (Å²) < 4.78 is 11.1. The lowest BCUT2D eigenvalue weighted by atomic mass is 10.1. The van der Waals surface area contributed by atoms with Crippen LogP contribution in [-0.4, -0.2) is 19.8 Å². The Morgan fingerprint density at radius 2 is 2.06 bits per heavy atom. The highest BCUT2D eigenvalue weighted by Gasteiger charge is 2.16. The maximum absolute atomic E-state index is 5.59. The highest BCUT2D eigenvalue weighted by atomic mass is 16.5. The predicted molar refractivity (Wildman–Crippen MR) is 73.3 cm³/mol. The molecule has 0 bridgehead atoms. The Kier molecular flexibility index (Phi) is 4.88. The molecule has 1 aliphatic rings. The Bertz CT molecular complexity index is 373. The fraction of sp³-hybridized carbons (Fsp3) is 0.600. The van der Waals surface area contributed by atoms with Crippen molar-refractivity contribution in [2.24, 2.45) is 0 Å². The summed E-state index contributed by atoms with van der Waals surface area (Å²) in [6.45, 7) is 3.51. The lowest BCUT2D eigenvalue weighted by molar-refractivity contribution is 0.308. The van der Waals surface area contributed by atoms with Gasteiger partial charge in [-0.2, -0.15) is 0 Å². The molecule has 0 unspecified atom stereocenters. The van der Waals surface area contributed by atoms with Crippen LogP contribution in [0.25, 0.3) is 0 Å². The predicted octanol–water partition coefficient (Wildman–Crippen LogP) is 3.13. The fourth-order valence-corrected chi connectivity index (χ4v) is 2.59. The number of methoxy groups -OCH3 is 1. The summed E-state index contributed by atoms with van der Waals surface area (Å²) in [5, 5.41) is 3.61. The standard InChI is InChI=1S/C15H23NO2/c1-3-18-14-10-6-7-12(15(14)17-2)11-16-13-8-4-5-9-13/h6-7,10,13,16H,3-5,8-9,11H2,1-2H3. The smallest absolute Gasteiger partial charge is 0.165 e. The first kappa shape index (κ1) is 13.2. The number of hydrogen-bond acceptors (Lipinski definition) is 3. The molecule has 0 aromatic heterocycles. The van der Waals surface area contributed by atoms with E-state index in [1.54, 1.807) is 7.11 Å². The van der Waals surface area contributed by atoms with Crippen molar-refractivity contribution in [1.29, 1.82) is 0 Å². The van der Waals surface area contributed by atoms with Gasteiger partial charge in [0, 0.05) is 18.2 Å². The van der Waals surface area contributed by atoms with Crippen LogP contribution in [0.4, 0.5) is 0 Å². The van der Waals surface area contributed by atoms with Crippen LogP contribution in [0.1, 0.15) is 38.2 Å². The van der Waals surface area contributed by atoms with Gasteiger partial charge < -0.3 is 14.8 Å². The van der Waals surface area contributed by atoms with Crippen molar-refractivity contribution >= 4 is 0 Å². The third-order valence-corrected chi connectivity index (χ3v) is 3.50. The van der Waals surface area contributed by atoms with E-state index >= 15 is 0 Å². The molecule has 0 radical (unpaired) electrons. The molecule has 0 amide bonds. The number of rotatable bonds is 6. The highest BCUT2D eigenvalue weighted by molar-refractivity contribution is 5.46. The van der Waals surface area contributed by atoms with Crippen LogP contribution < -0.4 is 14.8 Å². The molecule has 3 nitrogen and oxygen atoms in total. The molecule has 2 rings (SSSR count). The summed E-state index contributed by atoms with van der Waals surface area (Å²) in [4.78, 5) is 0. The molecule has 1 N–H and O–H groups in total. The van der Waals surface area contributed by atoms with Gasteiger partial charge in [0.15, 0.2) is 11.5 Å². The minimum absolute atomic E-state index is 0.663. The van der Waals surface area contributed by atoms with E-state index in [-0.39, 0.29) is 0 Å². The van der Waals surface area contributed by atoms with Crippen molar-refractivity contribution in [3.05, 3.63) is 23.8 Å². The average Bonchev–Trinajstić information content (AvgIpc) is 2.90. The van der Waals surface area contributed by atoms with E-state index < -0.39 is 0 Å². The highest BCUT2D eigenvalue weighted by Crippen LogP contribution is 2.31. The lowest BCUT2D eigenvalue weighted by Gasteiger charge is -2.16. The van der Waals surface area contributed by atoms with Crippen LogP contribution in [0.2, 0.25) is 0 Å². The van der Waals surface area contributed by atoms with Gasteiger partial charge in [0.25, 0.3) is 0 Å². The molecule has 0 atom stereocenters. The first-order chi connectivity index (χ1) is 8.85. The Morgan fingerprint density at radius 1 is 1.28 bits per heavy atom. The normalized spacial score (nSPS) is 15.9. The van der Waals surface area contributed by atoms with Gasteiger partial charge >= 0.3 is 0 Å². The van der Waals surface area contributed by atoms with Gasteiger partial charge in [-0.05, 0) is 25.8 Å². The van der Waals surface area contributed by atoms with Gasteiger partial charge in [-0.1, -0.05) is 25.0 Å². The number of hydrogen-bond donors (Lipinski definition) is 1. The molecular weight excluding hydrogens is 226 g/mol. The van der Waals surface area contributed by atoms with Crippen LogP contribution in [-0.2, 0) is 6.54 Å². The summed E-state index contributed by atoms with van der Waals surface area (Å²) in [7, 11) is 1.71. The van der Waals surface area contributed by atoms with Gasteiger partial charge in [-0.3, -0.25) is 0 Å². The number of benzene rings is 1. The Balaban J connectivity index is 2.03. The second-order valence-corrected chi connectivity index (χ2v) is 4.74. The number of ether oxygens (including phenoxy) is 2. The third-order valence-electron chi connectivity index (χ3n) is 3.50. The van der Waals surface area contributed by atoms with E-state index in [9.17, 15) is 0 Å². The quantitative estimate of drug-likeness (QED) is 0.840. The number of nitrogens with one attached hydrogen (secondary N) is 1. The molecule has 1 aromatic carbocycles. The minimum atomic E-state index is 0.663. The van der Waals surface area contributed by atoms with Crippen LogP contribution in [0.3, 0.4) is 0 Å². The third kappa shape index (κ3) is 3.16. The minimum Gasteiger partial charge on any atom is -0.493 e. The van der Waals surface area contributed by atoms with Crippen molar-refractivity contribution < 1.29 is 9.47 Å². The molecule has 18 heavy (non-hydrogen) atoms. The Morgan fingerprint density at radius 3 is 2.72 bits per heavy atom. The zero-order valence-corrected chi connectivity index (χ0v) is 11.4. The monoisotopic (exact) mass is 249 g/mol. The van der Waals surface area contributed by atoms with Crippen molar-refractivity contribution in [2.45, 2.75) is 45.2 Å². The molecule has 0 spiro atoms. The van der Waals surface area contributed by atoms with Crippen molar-refractivity contribution in [1.82, 2.24) is 5.32 Å². The summed E-state index contributed by atoms with van der Waals surface area (Å²) in [6.07, 6.45) is 5.31. The molecule has 1 aliphatic carbocycles. The van der Waals surface area contributed by atoms with Gasteiger partial charge in [0.05, 0.1) is 13.7 Å². The molecule has 100 valence electrons. The van der Waals surface area contributed by atoms with E-state index in [1.165, 1.54) is 31.2 Å². The van der Waals surface area contributed by atoms with Gasteiger partial charge in [0.1, 0.15) is 0 Å². The SMILES string of the molecule is CCOc1cccc(CNC2CCCC2)c1OC. The number of para-hydroxylation sites is 1. The van der Waals surface area contributed by atoms with Crippen LogP contribution in [0.5, 0.6) is 11.5 Å². The molecule has 3 heteroatoms. The molecule has 0 aliphatic heterocycles. The largest absolute Gasteiger partial charge is 0.493 e. The second kappa shape index (κ2) is 6.64. The summed E-state index contributed by atoms with van der Waals surface area (Å²) in [6, 6.07) is 6.76. The maximum Gasteiger partial charge on any atom is 0.165 e. The fourth-order valence-electron chi connectivity index (χ4n) is 2.59. The summed E-state index contributed by atoms with van der Waals surface area (Å²) >= 11 is 0. The first-order valence-corrected chi connectivity index (χ1v) is 6.87. The molecule has 0 heterocycles. The molecule has 1 fully saturated rings. The van der Waals surface area contributed by atoms with Gasteiger partial charge in [-0.15, -0.1) is 0 Å². The van der Waals surface area contributed by atoms with Crippen molar-refractivity contribution in [3.63, 3.8) is 0 Å². The first-order valence-electron chi connectivity index (χ1n) is 6.87. The van der Waals surface area contributed by atoms with E-state index in [2.05, 4.69) is 11.4 Å². The van der Waals surface area contributed by atoms with Crippen LogP contribution in [0, 0.1) is 0 Å². The van der Waals surface area contributed by atoms with Crippen molar-refractivity contribution in [3.8, 4) is 11.5 Å². The maximum atomic E-state index is 5.59.